The molecule has 0 atom stereocenters. The van der Waals surface area contributed by atoms with E-state index in [1.165, 1.54) is 6.07 Å². The lowest BCUT2D eigenvalue weighted by atomic mass is 9.38. The molecule has 3 aliphatic rings. The molecule has 2 N–H and O–H groups in total. The van der Waals surface area contributed by atoms with Crippen molar-refractivity contribution in [1.82, 2.24) is 0 Å². The van der Waals surface area contributed by atoms with Crippen molar-refractivity contribution in [1.29, 1.82) is 0 Å². The second kappa shape index (κ2) is 2.39. The van der Waals surface area contributed by atoms with Crippen molar-refractivity contribution in [2.75, 3.05) is 0 Å². The van der Waals surface area contributed by atoms with Gasteiger partial charge in [0.15, 0.2) is 0 Å². The van der Waals surface area contributed by atoms with Crippen molar-refractivity contribution in [2.45, 2.75) is 30.2 Å². The molecule has 0 aromatic heterocycles. The van der Waals surface area contributed by atoms with E-state index >= 15 is 0 Å². The van der Waals surface area contributed by atoms with E-state index in [0.29, 0.717) is 0 Å². The smallest absolute Gasteiger partial charge is 0.269 e. The Morgan fingerprint density at radius 2 is 2.00 bits per heavy atom. The van der Waals surface area contributed by atoms with Gasteiger partial charge in [0, 0.05) is 23.1 Å². The molecule has 1 aromatic rings. The first-order chi connectivity index (χ1) is 7.03. The molecule has 0 spiro atoms. The van der Waals surface area contributed by atoms with Crippen LogP contribution in [0, 0.1) is 10.1 Å². The Hall–Kier alpha value is -1.42. The van der Waals surface area contributed by atoms with Gasteiger partial charge in [-0.25, -0.2) is 0 Å². The lowest BCUT2D eigenvalue weighted by Gasteiger charge is -2.69. The van der Waals surface area contributed by atoms with E-state index in [2.05, 4.69) is 0 Å². The summed E-state index contributed by atoms with van der Waals surface area (Å²) in [5, 5.41) is 10.6. The lowest BCUT2D eigenvalue weighted by Crippen LogP contribution is -2.74. The second-order valence-corrected chi connectivity index (χ2v) is 4.98. The van der Waals surface area contributed by atoms with Crippen LogP contribution in [-0.4, -0.2) is 10.5 Å². The van der Waals surface area contributed by atoms with Crippen molar-refractivity contribution in [2.24, 2.45) is 5.73 Å². The zero-order chi connectivity index (χ0) is 10.7. The number of nitro benzene ring substituents is 1. The quantitative estimate of drug-likeness (QED) is 0.589. The molecule has 4 heteroatoms. The number of nitro groups is 1. The highest BCUT2D eigenvalue weighted by molar-refractivity contribution is 5.46. The summed E-state index contributed by atoms with van der Waals surface area (Å²) >= 11 is 0. The van der Waals surface area contributed by atoms with Crippen molar-refractivity contribution >= 4 is 5.69 Å². The largest absolute Gasteiger partial charge is 0.325 e. The second-order valence-electron chi connectivity index (χ2n) is 4.98. The molecular formula is C11H12N2O2. The van der Waals surface area contributed by atoms with Crippen molar-refractivity contribution in [3.8, 4) is 0 Å². The van der Waals surface area contributed by atoms with Crippen LogP contribution in [0.3, 0.4) is 0 Å². The highest BCUT2D eigenvalue weighted by Crippen LogP contribution is 2.66. The first kappa shape index (κ1) is 8.85. The van der Waals surface area contributed by atoms with Crippen LogP contribution in [0.25, 0.3) is 0 Å². The van der Waals surface area contributed by atoms with Crippen LogP contribution in [0.4, 0.5) is 5.69 Å². The van der Waals surface area contributed by atoms with Crippen LogP contribution in [0.2, 0.25) is 0 Å². The Labute approximate surface area is 87.2 Å². The van der Waals surface area contributed by atoms with Gasteiger partial charge in [-0.05, 0) is 24.8 Å². The molecule has 15 heavy (non-hydrogen) atoms. The normalized spacial score (nSPS) is 36.6. The number of non-ortho nitro benzene ring substituents is 1. The van der Waals surface area contributed by atoms with Gasteiger partial charge >= 0.3 is 0 Å². The van der Waals surface area contributed by atoms with Gasteiger partial charge in [0.1, 0.15) is 0 Å². The van der Waals surface area contributed by atoms with Crippen LogP contribution >= 0.6 is 0 Å². The monoisotopic (exact) mass is 204 g/mol. The third-order valence-corrected chi connectivity index (χ3v) is 3.74. The van der Waals surface area contributed by atoms with E-state index < -0.39 is 0 Å². The molecule has 0 saturated heterocycles. The van der Waals surface area contributed by atoms with Gasteiger partial charge < -0.3 is 5.73 Å². The minimum Gasteiger partial charge on any atom is -0.325 e. The lowest BCUT2D eigenvalue weighted by molar-refractivity contribution is -0.385. The summed E-state index contributed by atoms with van der Waals surface area (Å²) in [4.78, 5) is 10.3. The van der Waals surface area contributed by atoms with Crippen molar-refractivity contribution < 1.29 is 4.92 Å². The first-order valence-electron chi connectivity index (χ1n) is 5.07. The highest BCUT2D eigenvalue weighted by atomic mass is 16.6. The van der Waals surface area contributed by atoms with Crippen LogP contribution in [0.1, 0.15) is 24.8 Å². The molecule has 3 saturated carbocycles. The molecule has 2 bridgehead atoms. The van der Waals surface area contributed by atoms with Crippen LogP contribution in [0.15, 0.2) is 24.3 Å². The van der Waals surface area contributed by atoms with Crippen LogP contribution < -0.4 is 5.73 Å². The van der Waals surface area contributed by atoms with Gasteiger partial charge in [-0.15, -0.1) is 0 Å². The van der Waals surface area contributed by atoms with Gasteiger partial charge in [-0.2, -0.15) is 0 Å². The average Bonchev–Trinajstić information content (AvgIpc) is 2.12. The minimum atomic E-state index is -0.340. The van der Waals surface area contributed by atoms with Gasteiger partial charge in [0.2, 0.25) is 0 Å². The van der Waals surface area contributed by atoms with E-state index in [0.717, 1.165) is 24.8 Å². The SMILES string of the molecule is NC12CC(c3cccc([N+](=O)[O-])c3)(C1)C2. The van der Waals surface area contributed by atoms with Gasteiger partial charge in [-0.1, -0.05) is 12.1 Å². The number of rotatable bonds is 2. The van der Waals surface area contributed by atoms with Gasteiger partial charge in [0.25, 0.3) is 5.69 Å². The van der Waals surface area contributed by atoms with E-state index in [1.54, 1.807) is 12.1 Å². The predicted octanol–water partition coefficient (Wildman–Crippen LogP) is 1.73. The third-order valence-electron chi connectivity index (χ3n) is 3.74. The topological polar surface area (TPSA) is 69.2 Å². The molecule has 1 aromatic carbocycles. The Morgan fingerprint density at radius 1 is 1.33 bits per heavy atom. The fraction of sp³-hybridized carbons (Fsp3) is 0.455. The summed E-state index contributed by atoms with van der Waals surface area (Å²) in [5.41, 5.74) is 7.46. The number of benzene rings is 1. The maximum atomic E-state index is 10.6. The zero-order valence-corrected chi connectivity index (χ0v) is 8.27. The van der Waals surface area contributed by atoms with Crippen LogP contribution in [-0.2, 0) is 5.41 Å². The highest BCUT2D eigenvalue weighted by Gasteiger charge is 2.66. The van der Waals surface area contributed by atoms with E-state index in [1.807, 2.05) is 6.07 Å². The molecule has 78 valence electrons. The van der Waals surface area contributed by atoms with Crippen molar-refractivity contribution in [3.63, 3.8) is 0 Å². The fourth-order valence-electron chi connectivity index (χ4n) is 3.12. The third kappa shape index (κ3) is 1.05. The molecule has 0 amide bonds. The molecule has 3 aliphatic carbocycles. The number of hydrogen-bond acceptors (Lipinski definition) is 3. The Morgan fingerprint density at radius 3 is 2.53 bits per heavy atom. The average molecular weight is 204 g/mol. The fourth-order valence-corrected chi connectivity index (χ4v) is 3.12. The summed E-state index contributed by atoms with van der Waals surface area (Å²) < 4.78 is 0. The maximum Gasteiger partial charge on any atom is 0.269 e. The Balaban J connectivity index is 1.94. The molecule has 0 radical (unpaired) electrons. The number of nitrogens with zero attached hydrogens (tertiary/aromatic N) is 1. The van der Waals surface area contributed by atoms with Gasteiger partial charge in [-0.3, -0.25) is 10.1 Å². The summed E-state index contributed by atoms with van der Waals surface area (Å²) in [6, 6.07) is 6.97. The summed E-state index contributed by atoms with van der Waals surface area (Å²) in [6.07, 6.45) is 2.96. The van der Waals surface area contributed by atoms with Crippen molar-refractivity contribution in [3.05, 3.63) is 39.9 Å². The molecule has 0 unspecified atom stereocenters. The van der Waals surface area contributed by atoms with Gasteiger partial charge in [0.05, 0.1) is 4.92 Å². The summed E-state index contributed by atoms with van der Waals surface area (Å²) in [5.74, 6) is 0. The molecule has 0 aliphatic heterocycles. The maximum absolute atomic E-state index is 10.6. The molecule has 4 nitrogen and oxygen atoms in total. The van der Waals surface area contributed by atoms with E-state index in [9.17, 15) is 10.1 Å². The molecule has 0 heterocycles. The minimum absolute atomic E-state index is 0.0463. The molecule has 3 fully saturated rings. The number of hydrogen-bond donors (Lipinski definition) is 1. The zero-order valence-electron chi connectivity index (χ0n) is 8.27. The van der Waals surface area contributed by atoms with E-state index in [-0.39, 0.29) is 21.6 Å². The first-order valence-corrected chi connectivity index (χ1v) is 5.07. The molecular weight excluding hydrogens is 192 g/mol. The Bertz CT molecular complexity index is 436. The van der Waals surface area contributed by atoms with E-state index in [4.69, 9.17) is 5.73 Å². The summed E-state index contributed by atoms with van der Waals surface area (Å²) in [6.45, 7) is 0. The Kier molecular flexibility index (Phi) is 1.41. The number of nitrogens with two attached hydrogens (primary N) is 1. The molecule has 4 rings (SSSR count). The van der Waals surface area contributed by atoms with Crippen LogP contribution in [0.5, 0.6) is 0 Å². The predicted molar refractivity (Wildman–Crippen MR) is 55.5 cm³/mol. The summed E-state index contributed by atoms with van der Waals surface area (Å²) in [7, 11) is 0. The standard InChI is InChI=1S/C11H12N2O2/c12-11-5-10(6-11,7-11)8-2-1-3-9(4-8)13(14)15/h1-4H,5-7,12H2.